The van der Waals surface area contributed by atoms with Crippen molar-refractivity contribution < 1.29 is 34.8 Å². The Morgan fingerprint density at radius 2 is 1.54 bits per heavy atom. The van der Waals surface area contributed by atoms with Gasteiger partial charge in [-0.15, -0.1) is 0 Å². The van der Waals surface area contributed by atoms with E-state index in [1.807, 2.05) is 4.72 Å². The quantitative estimate of drug-likeness (QED) is 0.506. The number of sulfonamides is 1. The Bertz CT molecular complexity index is 1140. The molecule has 0 saturated carbocycles. The molecule has 3 rings (SSSR count). The van der Waals surface area contributed by atoms with E-state index in [4.69, 9.17) is 0 Å². The minimum absolute atomic E-state index is 0.0497. The van der Waals surface area contributed by atoms with Crippen molar-refractivity contribution in [3.8, 4) is 0 Å². The normalized spacial score (nSPS) is 11.6. The van der Waals surface area contributed by atoms with Crippen LogP contribution in [-0.2, 0) is 16.6 Å². The monoisotopic (exact) mass is 421 g/mol. The lowest BCUT2D eigenvalue weighted by Gasteiger charge is -2.08. The molecule has 0 bridgehead atoms. The molecule has 0 aliphatic carbocycles. The summed E-state index contributed by atoms with van der Waals surface area (Å²) in [4.78, 5) is -0.854. The van der Waals surface area contributed by atoms with Crippen LogP contribution in [0.3, 0.4) is 0 Å². The molecule has 0 saturated heterocycles. The van der Waals surface area contributed by atoms with E-state index >= 15 is 0 Å². The van der Waals surface area contributed by atoms with Crippen molar-refractivity contribution in [3.05, 3.63) is 77.0 Å². The van der Waals surface area contributed by atoms with E-state index in [9.17, 15) is 34.8 Å². The standard InChI is InChI=1S/C16H9F6N3O2S/c17-8-1-2-13(10(18)5-8)28(26,27)24-14-3-4-25(23-14)7-9-15(21)11(19)6-12(20)16(9)22/h1-6H,7H2,(H,23,24). The summed E-state index contributed by atoms with van der Waals surface area (Å²) in [6.07, 6.45) is 1.07. The van der Waals surface area contributed by atoms with Crippen molar-refractivity contribution >= 4 is 15.8 Å². The van der Waals surface area contributed by atoms with Gasteiger partial charge in [0.1, 0.15) is 16.5 Å². The van der Waals surface area contributed by atoms with E-state index in [2.05, 4.69) is 5.10 Å². The Morgan fingerprint density at radius 3 is 2.14 bits per heavy atom. The van der Waals surface area contributed by atoms with Crippen molar-refractivity contribution in [2.75, 3.05) is 4.72 Å². The van der Waals surface area contributed by atoms with Gasteiger partial charge in [0.05, 0.1) is 12.1 Å². The lowest BCUT2D eigenvalue weighted by molar-refractivity contribution is 0.431. The minimum Gasteiger partial charge on any atom is -0.266 e. The Kier molecular flexibility index (Phi) is 5.06. The molecular formula is C16H9F6N3O2S. The molecule has 0 aliphatic rings. The molecule has 0 spiro atoms. The van der Waals surface area contributed by atoms with Crippen molar-refractivity contribution in [3.63, 3.8) is 0 Å². The second-order valence-corrected chi connectivity index (χ2v) is 7.18. The van der Waals surface area contributed by atoms with Gasteiger partial charge in [-0.1, -0.05) is 0 Å². The number of anilines is 1. The molecular weight excluding hydrogens is 412 g/mol. The number of hydrogen-bond donors (Lipinski definition) is 1. The Morgan fingerprint density at radius 1 is 0.893 bits per heavy atom. The predicted octanol–water partition coefficient (Wildman–Crippen LogP) is 3.57. The van der Waals surface area contributed by atoms with E-state index in [-0.39, 0.29) is 11.9 Å². The SMILES string of the molecule is O=S(=O)(Nc1ccn(Cc2c(F)c(F)cc(F)c2F)n1)c1ccc(F)cc1F. The molecule has 1 aromatic heterocycles. The van der Waals surface area contributed by atoms with Gasteiger partial charge in [0.2, 0.25) is 0 Å². The molecule has 2 aromatic carbocycles. The Hall–Kier alpha value is -3.02. The van der Waals surface area contributed by atoms with Crippen LogP contribution in [0.4, 0.5) is 32.2 Å². The van der Waals surface area contributed by atoms with Gasteiger partial charge in [-0.2, -0.15) is 5.10 Å². The number of nitrogens with one attached hydrogen (secondary N) is 1. The van der Waals surface area contributed by atoms with E-state index in [1.165, 1.54) is 0 Å². The molecule has 148 valence electrons. The molecule has 5 nitrogen and oxygen atoms in total. The Labute approximate surface area is 154 Å². The third-order valence-electron chi connectivity index (χ3n) is 3.59. The minimum atomic E-state index is -4.49. The number of rotatable bonds is 5. The highest BCUT2D eigenvalue weighted by Gasteiger charge is 2.22. The highest BCUT2D eigenvalue weighted by Crippen LogP contribution is 2.22. The second-order valence-electron chi connectivity index (χ2n) is 5.53. The average Bonchev–Trinajstić information content (AvgIpc) is 3.03. The molecule has 1 N–H and O–H groups in total. The zero-order valence-corrected chi connectivity index (χ0v) is 14.4. The summed E-state index contributed by atoms with van der Waals surface area (Å²) >= 11 is 0. The fourth-order valence-electron chi connectivity index (χ4n) is 2.31. The molecule has 3 aromatic rings. The molecule has 1 heterocycles. The van der Waals surface area contributed by atoms with Crippen LogP contribution in [0.2, 0.25) is 0 Å². The van der Waals surface area contributed by atoms with Gasteiger partial charge in [-0.25, -0.2) is 34.8 Å². The first-order valence-electron chi connectivity index (χ1n) is 7.41. The largest absolute Gasteiger partial charge is 0.266 e. The lowest BCUT2D eigenvalue weighted by atomic mass is 10.2. The van der Waals surface area contributed by atoms with Gasteiger partial charge >= 0.3 is 0 Å². The number of halogens is 6. The first-order valence-corrected chi connectivity index (χ1v) is 8.90. The topological polar surface area (TPSA) is 64.0 Å². The molecule has 12 heteroatoms. The summed E-state index contributed by atoms with van der Waals surface area (Å²) < 4.78 is 107. The molecule has 0 aliphatic heterocycles. The van der Waals surface area contributed by atoms with Gasteiger partial charge in [-0.3, -0.25) is 9.40 Å². The molecule has 28 heavy (non-hydrogen) atoms. The number of hydrogen-bond acceptors (Lipinski definition) is 3. The van der Waals surface area contributed by atoms with E-state index < -0.39 is 61.9 Å². The summed E-state index contributed by atoms with van der Waals surface area (Å²) in [5.41, 5.74) is -0.959. The van der Waals surface area contributed by atoms with E-state index in [0.717, 1.165) is 23.0 Å². The van der Waals surface area contributed by atoms with Gasteiger partial charge < -0.3 is 0 Å². The zero-order chi connectivity index (χ0) is 20.6. The molecule has 0 unspecified atom stereocenters. The number of benzene rings is 2. The molecule has 0 amide bonds. The van der Waals surface area contributed by atoms with Crippen molar-refractivity contribution in [2.24, 2.45) is 0 Å². The average molecular weight is 421 g/mol. The smallest absolute Gasteiger partial charge is 0.266 e. The van der Waals surface area contributed by atoms with Crippen LogP contribution in [-0.4, -0.2) is 18.2 Å². The molecule has 0 fully saturated rings. The third kappa shape index (κ3) is 3.81. The van der Waals surface area contributed by atoms with E-state index in [0.29, 0.717) is 12.1 Å². The lowest BCUT2D eigenvalue weighted by Crippen LogP contribution is -2.15. The van der Waals surface area contributed by atoms with Crippen LogP contribution >= 0.6 is 0 Å². The van der Waals surface area contributed by atoms with Gasteiger partial charge in [0.25, 0.3) is 10.0 Å². The van der Waals surface area contributed by atoms with Crippen molar-refractivity contribution in [1.82, 2.24) is 9.78 Å². The maximum absolute atomic E-state index is 13.7. The summed E-state index contributed by atoms with van der Waals surface area (Å²) in [7, 11) is -4.49. The van der Waals surface area contributed by atoms with Crippen LogP contribution in [0.1, 0.15) is 5.56 Å². The Balaban J connectivity index is 1.86. The summed E-state index contributed by atoms with van der Waals surface area (Å²) in [5, 5.41) is 3.66. The summed E-state index contributed by atoms with van der Waals surface area (Å²) in [5.74, 6) is -9.14. The predicted molar refractivity (Wildman–Crippen MR) is 84.8 cm³/mol. The van der Waals surface area contributed by atoms with Crippen molar-refractivity contribution in [1.29, 1.82) is 0 Å². The zero-order valence-electron chi connectivity index (χ0n) is 13.6. The maximum Gasteiger partial charge on any atom is 0.266 e. The highest BCUT2D eigenvalue weighted by atomic mass is 32.2. The summed E-state index contributed by atoms with van der Waals surface area (Å²) in [6.45, 7) is -0.751. The fraction of sp³-hybridized carbons (Fsp3) is 0.0625. The first kappa shape index (κ1) is 19.7. The molecule has 0 atom stereocenters. The van der Waals surface area contributed by atoms with Gasteiger partial charge in [0.15, 0.2) is 29.1 Å². The third-order valence-corrected chi connectivity index (χ3v) is 4.97. The number of nitrogens with zero attached hydrogens (tertiary/aromatic N) is 2. The van der Waals surface area contributed by atoms with Crippen molar-refractivity contribution in [2.45, 2.75) is 11.4 Å². The second kappa shape index (κ2) is 7.19. The maximum atomic E-state index is 13.7. The molecule has 0 radical (unpaired) electrons. The van der Waals surface area contributed by atoms with Crippen LogP contribution < -0.4 is 4.72 Å². The highest BCUT2D eigenvalue weighted by molar-refractivity contribution is 7.92. The van der Waals surface area contributed by atoms with Gasteiger partial charge in [0, 0.05) is 24.4 Å². The van der Waals surface area contributed by atoms with Crippen LogP contribution in [0, 0.1) is 34.9 Å². The fourth-order valence-corrected chi connectivity index (χ4v) is 3.37. The van der Waals surface area contributed by atoms with Crippen LogP contribution in [0.25, 0.3) is 0 Å². The van der Waals surface area contributed by atoms with Crippen LogP contribution in [0.5, 0.6) is 0 Å². The first-order chi connectivity index (χ1) is 13.1. The van der Waals surface area contributed by atoms with Gasteiger partial charge in [-0.05, 0) is 12.1 Å². The van der Waals surface area contributed by atoms with E-state index in [1.54, 1.807) is 0 Å². The number of aromatic nitrogens is 2. The summed E-state index contributed by atoms with van der Waals surface area (Å²) in [6, 6.07) is 2.92. The van der Waals surface area contributed by atoms with Crippen LogP contribution in [0.15, 0.2) is 41.4 Å².